The van der Waals surface area contributed by atoms with Gasteiger partial charge in [0.1, 0.15) is 0 Å². The molecule has 0 aromatic heterocycles. The van der Waals surface area contributed by atoms with Crippen molar-refractivity contribution >= 4 is 23.2 Å². The average Bonchev–Trinajstić information content (AvgIpc) is 2.79. The quantitative estimate of drug-likeness (QED) is 0.422. The second-order valence-electron chi connectivity index (χ2n) is 7.17. The van der Waals surface area contributed by atoms with Gasteiger partial charge in [-0.25, -0.2) is 0 Å². The van der Waals surface area contributed by atoms with Gasteiger partial charge in [-0.2, -0.15) is 0 Å². The molecule has 1 N–H and O–H groups in total. The molecular formula is C24H23N3O5. The third-order valence-electron chi connectivity index (χ3n) is 4.76. The largest absolute Gasteiger partial charge is 0.474 e. The van der Waals surface area contributed by atoms with Crippen molar-refractivity contribution in [1.82, 2.24) is 4.90 Å². The fourth-order valence-corrected chi connectivity index (χ4v) is 3.10. The first-order valence-corrected chi connectivity index (χ1v) is 9.96. The molecule has 164 valence electrons. The number of hydrogen-bond acceptors (Lipinski definition) is 5. The molecule has 0 aliphatic heterocycles. The number of ether oxygens (including phenoxy) is 1. The lowest BCUT2D eigenvalue weighted by Gasteiger charge is -2.20. The molecule has 2 amide bonds. The molecule has 1 atom stereocenters. The van der Waals surface area contributed by atoms with Crippen molar-refractivity contribution in [2.24, 2.45) is 0 Å². The van der Waals surface area contributed by atoms with Crippen LogP contribution < -0.4 is 10.1 Å². The van der Waals surface area contributed by atoms with Gasteiger partial charge in [-0.1, -0.05) is 54.6 Å². The summed E-state index contributed by atoms with van der Waals surface area (Å²) < 4.78 is 5.52. The van der Waals surface area contributed by atoms with Crippen LogP contribution in [0.15, 0.2) is 78.9 Å². The number of hydrogen-bond donors (Lipinski definition) is 1. The predicted octanol–water partition coefficient (Wildman–Crippen LogP) is 4.27. The van der Waals surface area contributed by atoms with Crippen LogP contribution in [0, 0.1) is 10.1 Å². The zero-order valence-electron chi connectivity index (χ0n) is 17.7. The molecule has 1 unspecified atom stereocenters. The monoisotopic (exact) mass is 433 g/mol. The maximum atomic E-state index is 13.0. The Morgan fingerprint density at radius 2 is 1.62 bits per heavy atom. The van der Waals surface area contributed by atoms with E-state index >= 15 is 0 Å². The molecule has 0 fully saturated rings. The fraction of sp³-hybridized carbons (Fsp3) is 0.167. The van der Waals surface area contributed by atoms with Gasteiger partial charge in [0.15, 0.2) is 11.9 Å². The topological polar surface area (TPSA) is 102 Å². The van der Waals surface area contributed by atoms with Gasteiger partial charge in [-0.3, -0.25) is 19.7 Å². The molecule has 3 rings (SSSR count). The van der Waals surface area contributed by atoms with Gasteiger partial charge >= 0.3 is 5.69 Å². The van der Waals surface area contributed by atoms with Crippen LogP contribution in [0.1, 0.15) is 22.8 Å². The van der Waals surface area contributed by atoms with Crippen molar-refractivity contribution in [1.29, 1.82) is 0 Å². The Kier molecular flexibility index (Phi) is 7.17. The van der Waals surface area contributed by atoms with E-state index in [-0.39, 0.29) is 17.3 Å². The summed E-state index contributed by atoms with van der Waals surface area (Å²) in [5.74, 6) is -0.793. The van der Waals surface area contributed by atoms with E-state index in [1.165, 1.54) is 25.1 Å². The van der Waals surface area contributed by atoms with E-state index in [1.807, 2.05) is 30.3 Å². The van der Waals surface area contributed by atoms with Crippen LogP contribution in [0.4, 0.5) is 11.4 Å². The summed E-state index contributed by atoms with van der Waals surface area (Å²) in [7, 11) is 1.69. The molecular weight excluding hydrogens is 410 g/mol. The first-order valence-electron chi connectivity index (χ1n) is 9.96. The molecule has 8 heteroatoms. The minimum absolute atomic E-state index is 0.00731. The van der Waals surface area contributed by atoms with Crippen molar-refractivity contribution in [3.63, 3.8) is 0 Å². The molecule has 0 aliphatic carbocycles. The second-order valence-corrected chi connectivity index (χ2v) is 7.17. The highest BCUT2D eigenvalue weighted by Gasteiger charge is 2.23. The number of amides is 2. The molecule has 8 nitrogen and oxygen atoms in total. The molecule has 0 aliphatic rings. The van der Waals surface area contributed by atoms with Gasteiger partial charge in [-0.15, -0.1) is 0 Å². The molecule has 0 heterocycles. The number of carbonyl (C=O) groups excluding carboxylic acids is 2. The number of nitrogens with zero attached hydrogens (tertiary/aromatic N) is 2. The lowest BCUT2D eigenvalue weighted by Crippen LogP contribution is -2.32. The summed E-state index contributed by atoms with van der Waals surface area (Å²) in [6.45, 7) is 1.90. The van der Waals surface area contributed by atoms with Gasteiger partial charge in [0, 0.05) is 19.7 Å². The van der Waals surface area contributed by atoms with E-state index in [9.17, 15) is 19.7 Å². The minimum Gasteiger partial charge on any atom is -0.474 e. The molecule has 0 radical (unpaired) electrons. The Bertz CT molecular complexity index is 1120. The highest BCUT2D eigenvalue weighted by molar-refractivity contribution is 6.04. The van der Waals surface area contributed by atoms with Crippen LogP contribution in [0.3, 0.4) is 0 Å². The van der Waals surface area contributed by atoms with Crippen molar-refractivity contribution < 1.29 is 19.2 Å². The number of anilines is 1. The Balaban J connectivity index is 1.72. The second kappa shape index (κ2) is 10.2. The van der Waals surface area contributed by atoms with Crippen LogP contribution in [0.25, 0.3) is 0 Å². The van der Waals surface area contributed by atoms with Crippen LogP contribution in [0.5, 0.6) is 5.75 Å². The smallest absolute Gasteiger partial charge is 0.310 e. The summed E-state index contributed by atoms with van der Waals surface area (Å²) in [6.07, 6.45) is -1.03. The molecule has 32 heavy (non-hydrogen) atoms. The van der Waals surface area contributed by atoms with E-state index in [0.29, 0.717) is 17.8 Å². The fourth-order valence-electron chi connectivity index (χ4n) is 3.10. The van der Waals surface area contributed by atoms with E-state index in [2.05, 4.69) is 5.32 Å². The third kappa shape index (κ3) is 5.48. The molecule has 0 spiro atoms. The average molecular weight is 433 g/mol. The van der Waals surface area contributed by atoms with Gasteiger partial charge in [0.2, 0.25) is 0 Å². The lowest BCUT2D eigenvalue weighted by molar-refractivity contribution is -0.386. The summed E-state index contributed by atoms with van der Waals surface area (Å²) in [5.41, 5.74) is 1.42. The van der Waals surface area contributed by atoms with Gasteiger partial charge in [-0.05, 0) is 30.7 Å². The molecule has 3 aromatic carbocycles. The highest BCUT2D eigenvalue weighted by atomic mass is 16.6. The number of carbonyl (C=O) groups is 2. The summed E-state index contributed by atoms with van der Waals surface area (Å²) in [4.78, 5) is 37.9. The minimum atomic E-state index is -1.03. The maximum absolute atomic E-state index is 13.0. The van der Waals surface area contributed by atoms with Crippen LogP contribution in [-0.4, -0.2) is 34.8 Å². The Morgan fingerprint density at radius 3 is 2.34 bits per heavy atom. The van der Waals surface area contributed by atoms with Gasteiger partial charge < -0.3 is 15.0 Å². The van der Waals surface area contributed by atoms with E-state index in [0.717, 1.165) is 5.56 Å². The molecule has 0 bridgehead atoms. The number of benzene rings is 3. The summed E-state index contributed by atoms with van der Waals surface area (Å²) in [6, 6.07) is 22.1. The third-order valence-corrected chi connectivity index (χ3v) is 4.76. The van der Waals surface area contributed by atoms with Gasteiger partial charge in [0.25, 0.3) is 11.8 Å². The normalized spacial score (nSPS) is 11.3. The number of para-hydroxylation sites is 3. The van der Waals surface area contributed by atoms with Crippen LogP contribution in [-0.2, 0) is 11.3 Å². The Hall–Kier alpha value is -4.20. The maximum Gasteiger partial charge on any atom is 0.310 e. The van der Waals surface area contributed by atoms with Crippen molar-refractivity contribution in [2.45, 2.75) is 19.6 Å². The molecule has 0 saturated carbocycles. The first kappa shape index (κ1) is 22.5. The van der Waals surface area contributed by atoms with E-state index in [4.69, 9.17) is 4.74 Å². The van der Waals surface area contributed by atoms with Crippen molar-refractivity contribution in [3.8, 4) is 5.75 Å². The van der Waals surface area contributed by atoms with E-state index < -0.39 is 16.9 Å². The number of nitro groups is 1. The number of rotatable bonds is 8. The lowest BCUT2D eigenvalue weighted by atomic mass is 10.1. The molecule has 0 saturated heterocycles. The summed E-state index contributed by atoms with van der Waals surface area (Å²) >= 11 is 0. The van der Waals surface area contributed by atoms with Gasteiger partial charge in [0.05, 0.1) is 16.2 Å². The zero-order chi connectivity index (χ0) is 23.1. The molecule has 3 aromatic rings. The van der Waals surface area contributed by atoms with E-state index in [1.54, 1.807) is 42.3 Å². The highest BCUT2D eigenvalue weighted by Crippen LogP contribution is 2.27. The van der Waals surface area contributed by atoms with Crippen LogP contribution >= 0.6 is 0 Å². The summed E-state index contributed by atoms with van der Waals surface area (Å²) in [5, 5.41) is 13.9. The van der Waals surface area contributed by atoms with Crippen molar-refractivity contribution in [2.75, 3.05) is 12.4 Å². The Morgan fingerprint density at radius 1 is 1.00 bits per heavy atom. The van der Waals surface area contributed by atoms with Crippen LogP contribution in [0.2, 0.25) is 0 Å². The predicted molar refractivity (Wildman–Crippen MR) is 120 cm³/mol. The standard InChI is InChI=1S/C24H23N3O5/c1-17(32-22-15-9-8-14-21(22)27(30)31)23(28)25-20-13-7-6-12-19(20)24(29)26(2)16-18-10-4-3-5-11-18/h3-15,17H,16H2,1-2H3,(H,25,28). The zero-order valence-corrected chi connectivity index (χ0v) is 17.7. The first-order chi connectivity index (χ1) is 15.4. The number of nitrogens with one attached hydrogen (secondary N) is 1. The van der Waals surface area contributed by atoms with Crippen molar-refractivity contribution in [3.05, 3.63) is 100 Å². The SMILES string of the molecule is CC(Oc1ccccc1[N+](=O)[O-])C(=O)Nc1ccccc1C(=O)N(C)Cc1ccccc1. The Labute approximate surface area is 185 Å². The number of nitro benzene ring substituents is 1.